The predicted octanol–water partition coefficient (Wildman–Crippen LogP) is 3.61. The molecule has 168 valence electrons. The van der Waals surface area contributed by atoms with Crippen LogP contribution >= 0.6 is 0 Å². The van der Waals surface area contributed by atoms with E-state index in [0.29, 0.717) is 18.2 Å². The average Bonchev–Trinajstić information content (AvgIpc) is 3.26. The number of ether oxygens (including phenoxy) is 1. The lowest BCUT2D eigenvalue weighted by atomic mass is 9.86. The van der Waals surface area contributed by atoms with Gasteiger partial charge in [0.15, 0.2) is 0 Å². The maximum atomic E-state index is 13.0. The molecular formula is C25H30N4O3. The van der Waals surface area contributed by atoms with Gasteiger partial charge in [-0.1, -0.05) is 54.1 Å². The van der Waals surface area contributed by atoms with Crippen LogP contribution in [0.4, 0.5) is 0 Å². The molecular weight excluding hydrogens is 404 g/mol. The zero-order valence-corrected chi connectivity index (χ0v) is 18.4. The number of hydrogen-bond donors (Lipinski definition) is 2. The van der Waals surface area contributed by atoms with Crippen LogP contribution in [-0.4, -0.2) is 32.6 Å². The molecule has 3 aromatic rings. The number of carbonyl (C=O) groups excluding carboxylic acids is 1. The summed E-state index contributed by atoms with van der Waals surface area (Å²) in [6, 6.07) is 17.3. The number of nitrogens with zero attached hydrogens (tertiary/aromatic N) is 3. The van der Waals surface area contributed by atoms with E-state index < -0.39 is 0 Å². The molecule has 1 saturated carbocycles. The normalized spacial score (nSPS) is 15.6. The second-order valence-electron chi connectivity index (χ2n) is 8.46. The quantitative estimate of drug-likeness (QED) is 0.509. The Labute approximate surface area is 188 Å². The molecule has 0 bridgehead atoms. The fraction of sp³-hybridized carbons (Fsp3) is 0.400. The number of nitrogens with one attached hydrogen (secondary N) is 1. The molecule has 0 saturated heterocycles. The lowest BCUT2D eigenvalue weighted by Crippen LogP contribution is -2.34. The molecule has 7 heteroatoms. The number of carbonyl (C=O) groups is 1. The minimum atomic E-state index is -0.303. The van der Waals surface area contributed by atoms with Gasteiger partial charge in [-0.15, -0.1) is 5.10 Å². The number of aromatic nitrogens is 3. The van der Waals surface area contributed by atoms with E-state index in [1.807, 2.05) is 61.5 Å². The van der Waals surface area contributed by atoms with Crippen LogP contribution < -0.4 is 10.1 Å². The molecule has 1 aliphatic rings. The first-order chi connectivity index (χ1) is 15.6. The number of rotatable bonds is 10. The van der Waals surface area contributed by atoms with Crippen LogP contribution in [0.3, 0.4) is 0 Å². The molecule has 0 unspecified atom stereocenters. The fourth-order valence-electron chi connectivity index (χ4n) is 3.78. The Morgan fingerprint density at radius 2 is 1.91 bits per heavy atom. The van der Waals surface area contributed by atoms with Crippen molar-refractivity contribution in [2.45, 2.75) is 51.3 Å². The zero-order valence-electron chi connectivity index (χ0n) is 18.4. The third-order valence-corrected chi connectivity index (χ3v) is 6.12. The van der Waals surface area contributed by atoms with Gasteiger partial charge < -0.3 is 15.2 Å². The van der Waals surface area contributed by atoms with E-state index in [1.54, 1.807) is 10.9 Å². The van der Waals surface area contributed by atoms with Crippen molar-refractivity contribution < 1.29 is 14.6 Å². The third kappa shape index (κ3) is 5.53. The number of hydrogen-bond acceptors (Lipinski definition) is 5. The largest absolute Gasteiger partial charge is 0.493 e. The van der Waals surface area contributed by atoms with Crippen molar-refractivity contribution in [3.05, 3.63) is 77.6 Å². The lowest BCUT2D eigenvalue weighted by molar-refractivity contribution is -0.123. The second-order valence-corrected chi connectivity index (χ2v) is 8.46. The molecule has 1 heterocycles. The predicted molar refractivity (Wildman–Crippen MR) is 121 cm³/mol. The van der Waals surface area contributed by atoms with Gasteiger partial charge in [-0.3, -0.25) is 4.79 Å². The zero-order chi connectivity index (χ0) is 22.3. The minimum absolute atomic E-state index is 0.0611. The van der Waals surface area contributed by atoms with Crippen LogP contribution in [0.1, 0.15) is 55.0 Å². The van der Waals surface area contributed by atoms with Crippen LogP contribution in [0.15, 0.2) is 60.8 Å². The highest BCUT2D eigenvalue weighted by Gasteiger charge is 2.22. The highest BCUT2D eigenvalue weighted by Crippen LogP contribution is 2.28. The average molecular weight is 435 g/mol. The summed E-state index contributed by atoms with van der Waals surface area (Å²) in [5.41, 5.74) is 2.41. The summed E-state index contributed by atoms with van der Waals surface area (Å²) < 4.78 is 7.56. The third-order valence-electron chi connectivity index (χ3n) is 6.12. The highest BCUT2D eigenvalue weighted by molar-refractivity contribution is 5.83. The first-order valence-electron chi connectivity index (χ1n) is 11.2. The maximum absolute atomic E-state index is 13.0. The summed E-state index contributed by atoms with van der Waals surface area (Å²) in [6.45, 7) is 2.90. The van der Waals surface area contributed by atoms with Gasteiger partial charge in [0.2, 0.25) is 5.91 Å². The molecule has 2 N–H and O–H groups in total. The van der Waals surface area contributed by atoms with Crippen LogP contribution in [0, 0.1) is 5.92 Å². The lowest BCUT2D eigenvalue weighted by Gasteiger charge is -2.25. The van der Waals surface area contributed by atoms with Gasteiger partial charge in [0, 0.05) is 0 Å². The van der Waals surface area contributed by atoms with Gasteiger partial charge in [0.1, 0.15) is 11.4 Å². The molecule has 7 nitrogen and oxygen atoms in total. The topological polar surface area (TPSA) is 89.3 Å². The van der Waals surface area contributed by atoms with E-state index in [9.17, 15) is 9.90 Å². The molecule has 0 radical (unpaired) electrons. The SMILES string of the molecule is C[C@H](C(=O)N[C@@H](Cn1cc(CO)nn1)c1ccc(OCC2CCC2)cc1)c1ccccc1. The highest BCUT2D eigenvalue weighted by atomic mass is 16.5. The van der Waals surface area contributed by atoms with Crippen LogP contribution in [0.2, 0.25) is 0 Å². The Hall–Kier alpha value is -3.19. The minimum Gasteiger partial charge on any atom is -0.493 e. The van der Waals surface area contributed by atoms with Gasteiger partial charge in [0.25, 0.3) is 0 Å². The van der Waals surface area contributed by atoms with E-state index in [-0.39, 0.29) is 24.5 Å². The van der Waals surface area contributed by atoms with Crippen molar-refractivity contribution in [2.24, 2.45) is 5.92 Å². The van der Waals surface area contributed by atoms with E-state index in [4.69, 9.17) is 4.74 Å². The monoisotopic (exact) mass is 434 g/mol. The molecule has 2 atom stereocenters. The smallest absolute Gasteiger partial charge is 0.227 e. The van der Waals surface area contributed by atoms with E-state index >= 15 is 0 Å². The van der Waals surface area contributed by atoms with E-state index in [0.717, 1.165) is 23.5 Å². The van der Waals surface area contributed by atoms with Crippen molar-refractivity contribution in [3.63, 3.8) is 0 Å². The Morgan fingerprint density at radius 1 is 1.16 bits per heavy atom. The maximum Gasteiger partial charge on any atom is 0.227 e. The van der Waals surface area contributed by atoms with Crippen LogP contribution in [0.5, 0.6) is 5.75 Å². The van der Waals surface area contributed by atoms with Gasteiger partial charge in [0.05, 0.1) is 37.9 Å². The van der Waals surface area contributed by atoms with Crippen molar-refractivity contribution in [3.8, 4) is 5.75 Å². The van der Waals surface area contributed by atoms with E-state index in [1.165, 1.54) is 19.3 Å². The number of aliphatic hydroxyl groups excluding tert-OH is 1. The Bertz CT molecular complexity index is 1000. The first-order valence-corrected chi connectivity index (χ1v) is 11.2. The molecule has 0 aliphatic heterocycles. The molecule has 0 spiro atoms. The van der Waals surface area contributed by atoms with Crippen molar-refractivity contribution in [1.82, 2.24) is 20.3 Å². The molecule has 1 amide bonds. The Morgan fingerprint density at radius 3 is 2.53 bits per heavy atom. The number of amides is 1. The summed E-state index contributed by atoms with van der Waals surface area (Å²) in [4.78, 5) is 13.0. The fourth-order valence-corrected chi connectivity index (χ4v) is 3.78. The summed E-state index contributed by atoms with van der Waals surface area (Å²) >= 11 is 0. The number of aliphatic hydroxyl groups is 1. The molecule has 2 aromatic carbocycles. The molecule has 1 fully saturated rings. The van der Waals surface area contributed by atoms with Crippen LogP contribution in [0.25, 0.3) is 0 Å². The first kappa shape index (κ1) is 22.0. The molecule has 1 aromatic heterocycles. The summed E-state index contributed by atoms with van der Waals surface area (Å²) in [6.07, 6.45) is 5.49. The molecule has 4 rings (SSSR count). The van der Waals surface area contributed by atoms with Crippen LogP contribution in [-0.2, 0) is 17.9 Å². The number of benzene rings is 2. The summed E-state index contributed by atoms with van der Waals surface area (Å²) in [5.74, 6) is 1.17. The van der Waals surface area contributed by atoms with Crippen molar-refractivity contribution >= 4 is 5.91 Å². The summed E-state index contributed by atoms with van der Waals surface area (Å²) in [5, 5.41) is 20.5. The van der Waals surface area contributed by atoms with Gasteiger partial charge >= 0.3 is 0 Å². The van der Waals surface area contributed by atoms with E-state index in [2.05, 4.69) is 15.6 Å². The van der Waals surface area contributed by atoms with Gasteiger partial charge in [-0.25, -0.2) is 4.68 Å². The molecule has 1 aliphatic carbocycles. The standard InChI is InChI=1S/C25H30N4O3/c1-18(20-8-3-2-4-9-20)25(31)26-24(15-29-14-22(16-30)27-28-29)21-10-12-23(13-11-21)32-17-19-6-5-7-19/h2-4,8-14,18-19,24,30H,5-7,15-17H2,1H3,(H,26,31)/t18-,24-/m0/s1. The van der Waals surface area contributed by atoms with Crippen molar-refractivity contribution in [2.75, 3.05) is 6.61 Å². The summed E-state index contributed by atoms with van der Waals surface area (Å²) in [7, 11) is 0. The van der Waals surface area contributed by atoms with Gasteiger partial charge in [-0.05, 0) is 48.9 Å². The Kier molecular flexibility index (Phi) is 7.17. The Balaban J connectivity index is 1.48. The van der Waals surface area contributed by atoms with Crippen molar-refractivity contribution in [1.29, 1.82) is 0 Å². The second kappa shape index (κ2) is 10.4. The molecule has 32 heavy (non-hydrogen) atoms. The van der Waals surface area contributed by atoms with Gasteiger partial charge in [-0.2, -0.15) is 0 Å².